The molecule has 0 aliphatic rings. The van der Waals surface area contributed by atoms with Gasteiger partial charge >= 0.3 is 5.97 Å². The van der Waals surface area contributed by atoms with Crippen molar-refractivity contribution in [2.75, 3.05) is 13.7 Å². The molecule has 1 amide bonds. The highest BCUT2D eigenvalue weighted by molar-refractivity contribution is 5.83. The van der Waals surface area contributed by atoms with Crippen LogP contribution in [0.3, 0.4) is 0 Å². The lowest BCUT2D eigenvalue weighted by Crippen LogP contribution is -2.44. The van der Waals surface area contributed by atoms with Crippen molar-refractivity contribution in [1.29, 1.82) is 0 Å². The van der Waals surface area contributed by atoms with Gasteiger partial charge in [-0.1, -0.05) is 26.0 Å². The maximum atomic E-state index is 12.5. The number of rotatable bonds is 8. The second-order valence-electron chi connectivity index (χ2n) is 5.57. The summed E-state index contributed by atoms with van der Waals surface area (Å²) in [5, 5.41) is 9.00. The molecule has 22 heavy (non-hydrogen) atoms. The lowest BCUT2D eigenvalue weighted by atomic mass is 9.98. The Hall–Kier alpha value is -2.04. The number of ether oxygens (including phenoxy) is 1. The van der Waals surface area contributed by atoms with Gasteiger partial charge in [0.05, 0.1) is 7.11 Å². The molecule has 0 fully saturated rings. The van der Waals surface area contributed by atoms with Crippen LogP contribution >= 0.6 is 0 Å². The molecule has 0 saturated carbocycles. The highest BCUT2D eigenvalue weighted by atomic mass is 16.5. The third kappa shape index (κ3) is 5.06. The fraction of sp³-hybridized carbons (Fsp3) is 0.529. The van der Waals surface area contributed by atoms with Crippen molar-refractivity contribution in [1.82, 2.24) is 4.90 Å². The van der Waals surface area contributed by atoms with Crippen LogP contribution in [0.2, 0.25) is 0 Å². The summed E-state index contributed by atoms with van der Waals surface area (Å²) in [6.45, 7) is 5.41. The van der Waals surface area contributed by atoms with Crippen molar-refractivity contribution in [3.63, 3.8) is 0 Å². The molecule has 0 aliphatic carbocycles. The number of amides is 1. The molecular weight excluding hydrogens is 282 g/mol. The van der Waals surface area contributed by atoms with E-state index in [1.807, 2.05) is 45.0 Å². The van der Waals surface area contributed by atoms with Crippen molar-refractivity contribution in [3.05, 3.63) is 29.8 Å². The Balaban J connectivity index is 2.77. The van der Waals surface area contributed by atoms with Gasteiger partial charge in [0.15, 0.2) is 0 Å². The van der Waals surface area contributed by atoms with Crippen LogP contribution in [-0.2, 0) is 16.0 Å². The van der Waals surface area contributed by atoms with E-state index >= 15 is 0 Å². The Kier molecular flexibility index (Phi) is 6.89. The van der Waals surface area contributed by atoms with Crippen molar-refractivity contribution >= 4 is 11.9 Å². The molecular formula is C17H25NO4. The number of hydrogen-bond donors (Lipinski definition) is 1. The van der Waals surface area contributed by atoms with E-state index in [1.54, 1.807) is 7.11 Å². The van der Waals surface area contributed by atoms with E-state index in [9.17, 15) is 9.59 Å². The van der Waals surface area contributed by atoms with Gasteiger partial charge in [0, 0.05) is 12.0 Å². The highest BCUT2D eigenvalue weighted by Crippen LogP contribution is 2.17. The number of carboxylic acid groups (broad SMARTS) is 1. The Morgan fingerprint density at radius 1 is 1.23 bits per heavy atom. The third-order valence-electron chi connectivity index (χ3n) is 3.83. The summed E-state index contributed by atoms with van der Waals surface area (Å²) in [5.41, 5.74) is 1.03. The molecule has 5 heteroatoms. The number of carbonyl (C=O) groups is 2. The summed E-state index contributed by atoms with van der Waals surface area (Å²) in [7, 11) is 1.61. The topological polar surface area (TPSA) is 66.8 Å². The molecule has 0 radical (unpaired) electrons. The van der Waals surface area contributed by atoms with Crippen LogP contribution in [-0.4, -0.2) is 41.6 Å². The summed E-state index contributed by atoms with van der Waals surface area (Å²) >= 11 is 0. The monoisotopic (exact) mass is 307 g/mol. The summed E-state index contributed by atoms with van der Waals surface area (Å²) in [6.07, 6.45) is 1.31. The van der Waals surface area contributed by atoms with Gasteiger partial charge in [-0.25, -0.2) is 0 Å². The predicted molar refractivity (Wildman–Crippen MR) is 85.0 cm³/mol. The minimum Gasteiger partial charge on any atom is -0.497 e. The summed E-state index contributed by atoms with van der Waals surface area (Å²) in [6, 6.07) is 7.48. The van der Waals surface area contributed by atoms with Crippen LogP contribution in [0.4, 0.5) is 0 Å². The zero-order chi connectivity index (χ0) is 16.7. The number of hydrogen-bond acceptors (Lipinski definition) is 3. The van der Waals surface area contributed by atoms with Gasteiger partial charge < -0.3 is 14.7 Å². The average molecular weight is 307 g/mol. The second-order valence-corrected chi connectivity index (χ2v) is 5.57. The van der Waals surface area contributed by atoms with Crippen molar-refractivity contribution in [2.24, 2.45) is 5.92 Å². The molecule has 0 saturated heterocycles. The van der Waals surface area contributed by atoms with E-state index in [1.165, 1.54) is 4.90 Å². The van der Waals surface area contributed by atoms with E-state index in [2.05, 4.69) is 0 Å². The molecule has 1 rings (SSSR count). The van der Waals surface area contributed by atoms with Crippen molar-refractivity contribution < 1.29 is 19.4 Å². The Morgan fingerprint density at radius 3 is 2.27 bits per heavy atom. The van der Waals surface area contributed by atoms with Gasteiger partial charge in [-0.05, 0) is 37.5 Å². The fourth-order valence-electron chi connectivity index (χ4n) is 2.30. The van der Waals surface area contributed by atoms with Gasteiger partial charge in [0.25, 0.3) is 0 Å². The summed E-state index contributed by atoms with van der Waals surface area (Å²) < 4.78 is 5.11. The van der Waals surface area contributed by atoms with Crippen LogP contribution in [0.1, 0.15) is 32.8 Å². The van der Waals surface area contributed by atoms with Crippen molar-refractivity contribution in [3.8, 4) is 5.75 Å². The maximum absolute atomic E-state index is 12.5. The SMILES string of the molecule is CCC(C)N(CC(=O)O)C(=O)C(C)Cc1ccc(OC)cc1. The van der Waals surface area contributed by atoms with E-state index in [0.29, 0.717) is 6.42 Å². The van der Waals surface area contributed by atoms with Gasteiger partial charge in [-0.2, -0.15) is 0 Å². The fourth-order valence-corrected chi connectivity index (χ4v) is 2.30. The zero-order valence-electron chi connectivity index (χ0n) is 13.7. The summed E-state index contributed by atoms with van der Waals surface area (Å²) in [4.78, 5) is 25.0. The molecule has 2 atom stereocenters. The molecule has 0 bridgehead atoms. The predicted octanol–water partition coefficient (Wildman–Crippen LogP) is 2.59. The van der Waals surface area contributed by atoms with Gasteiger partial charge in [0.1, 0.15) is 12.3 Å². The first-order chi connectivity index (χ1) is 10.4. The van der Waals surface area contributed by atoms with Gasteiger partial charge in [0.2, 0.25) is 5.91 Å². The Bertz CT molecular complexity index is 498. The minimum absolute atomic E-state index is 0.0816. The van der Waals surface area contributed by atoms with Crippen LogP contribution < -0.4 is 4.74 Å². The number of aliphatic carboxylic acids is 1. The minimum atomic E-state index is -0.981. The Labute approximate surface area is 131 Å². The number of carboxylic acids is 1. The van der Waals surface area contributed by atoms with E-state index in [0.717, 1.165) is 17.7 Å². The maximum Gasteiger partial charge on any atom is 0.323 e. The molecule has 1 aromatic carbocycles. The highest BCUT2D eigenvalue weighted by Gasteiger charge is 2.26. The summed E-state index contributed by atoms with van der Waals surface area (Å²) in [5.74, 6) is -0.588. The van der Waals surface area contributed by atoms with E-state index < -0.39 is 5.97 Å². The first-order valence-electron chi connectivity index (χ1n) is 7.54. The van der Waals surface area contributed by atoms with Gasteiger partial charge in [-0.15, -0.1) is 0 Å². The largest absolute Gasteiger partial charge is 0.497 e. The first-order valence-corrected chi connectivity index (χ1v) is 7.54. The molecule has 0 spiro atoms. The van der Waals surface area contributed by atoms with Crippen LogP contribution in [0.5, 0.6) is 5.75 Å². The van der Waals surface area contributed by atoms with Crippen LogP contribution in [0, 0.1) is 5.92 Å². The van der Waals surface area contributed by atoms with Crippen LogP contribution in [0.25, 0.3) is 0 Å². The molecule has 1 N–H and O–H groups in total. The molecule has 1 aromatic rings. The molecule has 0 aliphatic heterocycles. The third-order valence-corrected chi connectivity index (χ3v) is 3.83. The van der Waals surface area contributed by atoms with E-state index in [-0.39, 0.29) is 24.4 Å². The molecule has 122 valence electrons. The number of methoxy groups -OCH3 is 1. The van der Waals surface area contributed by atoms with Crippen molar-refractivity contribution in [2.45, 2.75) is 39.7 Å². The van der Waals surface area contributed by atoms with Gasteiger partial charge in [-0.3, -0.25) is 9.59 Å². The second kappa shape index (κ2) is 8.41. The Morgan fingerprint density at radius 2 is 1.82 bits per heavy atom. The zero-order valence-corrected chi connectivity index (χ0v) is 13.7. The lowest BCUT2D eigenvalue weighted by Gasteiger charge is -2.29. The standard InChI is InChI=1S/C17H25NO4/c1-5-13(3)18(11-16(19)20)17(21)12(2)10-14-6-8-15(22-4)9-7-14/h6-9,12-13H,5,10-11H2,1-4H3,(H,19,20). The quantitative estimate of drug-likeness (QED) is 0.801. The van der Waals surface area contributed by atoms with Crippen LogP contribution in [0.15, 0.2) is 24.3 Å². The molecule has 0 aromatic heterocycles. The number of carbonyl (C=O) groups excluding carboxylic acids is 1. The molecule has 2 unspecified atom stereocenters. The smallest absolute Gasteiger partial charge is 0.323 e. The molecule has 0 heterocycles. The number of benzene rings is 1. The average Bonchev–Trinajstić information content (AvgIpc) is 2.51. The normalized spacial score (nSPS) is 13.3. The first kappa shape index (κ1) is 18.0. The van der Waals surface area contributed by atoms with E-state index in [4.69, 9.17) is 9.84 Å². The lowest BCUT2D eigenvalue weighted by molar-refractivity contribution is -0.147. The number of nitrogens with zero attached hydrogens (tertiary/aromatic N) is 1. The molecule has 5 nitrogen and oxygen atoms in total.